The first kappa shape index (κ1) is 11.1. The number of carboxylic acid groups (broad SMARTS) is 1. The van der Waals surface area contributed by atoms with Crippen LogP contribution in [0.25, 0.3) is 0 Å². The molecule has 1 saturated heterocycles. The largest absolute Gasteiger partial charge is 1.00 e. The van der Waals surface area contributed by atoms with E-state index < -0.39 is 5.97 Å². The van der Waals surface area contributed by atoms with E-state index in [0.717, 1.165) is 0 Å². The van der Waals surface area contributed by atoms with E-state index in [2.05, 4.69) is 0 Å². The maximum Gasteiger partial charge on any atom is 1.00 e. The number of carbonyl (C=O) groups is 2. The zero-order valence-corrected chi connectivity index (χ0v) is 9.97. The van der Waals surface area contributed by atoms with E-state index in [1.54, 1.807) is 11.8 Å². The summed E-state index contributed by atoms with van der Waals surface area (Å²) in [5.74, 6) is -0.728. The van der Waals surface area contributed by atoms with Crippen LogP contribution in [-0.4, -0.2) is 27.9 Å². The average Bonchev–Trinajstić information content (AvgIpc) is 2.01. The van der Waals surface area contributed by atoms with Gasteiger partial charge in [-0.05, 0) is 6.08 Å². The Kier molecular flexibility index (Phi) is 3.45. The molecule has 2 aliphatic heterocycles. The number of thioether (sulfide) groups is 1. The third kappa shape index (κ3) is 1.79. The predicted octanol–water partition coefficient (Wildman–Crippen LogP) is -4.07. The maximum absolute atomic E-state index is 11.0. The monoisotopic (exact) mass is 207 g/mol. The standard InChI is InChI=1S/C7H7NO3S.Na/c9-5-3-6-8(5)4(7(10)11)1-2-12-6;/h1,6H,2-3H2,(H,10,11);/q;+1/p-1/t6-;/m1./s1. The molecule has 0 saturated carbocycles. The fraction of sp³-hybridized carbons (Fsp3) is 0.429. The Morgan fingerprint density at radius 1 is 1.69 bits per heavy atom. The molecular weight excluding hydrogens is 201 g/mol. The third-order valence-corrected chi connectivity index (χ3v) is 3.06. The molecule has 0 aromatic rings. The Morgan fingerprint density at radius 2 is 2.38 bits per heavy atom. The molecule has 0 bridgehead atoms. The van der Waals surface area contributed by atoms with Crippen LogP contribution in [0.5, 0.6) is 0 Å². The predicted molar refractivity (Wildman–Crippen MR) is 40.8 cm³/mol. The van der Waals surface area contributed by atoms with Gasteiger partial charge in [0.2, 0.25) is 5.91 Å². The quantitative estimate of drug-likeness (QED) is 0.324. The molecule has 0 unspecified atom stereocenters. The molecule has 6 heteroatoms. The first-order chi connectivity index (χ1) is 5.70. The Morgan fingerprint density at radius 3 is 2.85 bits per heavy atom. The summed E-state index contributed by atoms with van der Waals surface area (Å²) in [6, 6.07) is 0. The second-order valence-electron chi connectivity index (χ2n) is 2.63. The normalized spacial score (nSPS) is 25.2. The zero-order chi connectivity index (χ0) is 8.72. The second kappa shape index (κ2) is 4.04. The van der Waals surface area contributed by atoms with Gasteiger partial charge in [-0.15, -0.1) is 11.8 Å². The first-order valence-corrected chi connectivity index (χ1v) is 4.60. The number of hydrogen-bond acceptors (Lipinski definition) is 4. The van der Waals surface area contributed by atoms with Crippen molar-refractivity contribution in [1.29, 1.82) is 0 Å². The van der Waals surface area contributed by atoms with Crippen molar-refractivity contribution in [3.63, 3.8) is 0 Å². The minimum Gasteiger partial charge on any atom is -0.543 e. The Hall–Kier alpha value is 0.0300. The van der Waals surface area contributed by atoms with Crippen LogP contribution >= 0.6 is 11.8 Å². The molecule has 0 aromatic heterocycles. The summed E-state index contributed by atoms with van der Waals surface area (Å²) in [7, 11) is 0. The van der Waals surface area contributed by atoms with E-state index in [9.17, 15) is 14.7 Å². The topological polar surface area (TPSA) is 60.4 Å². The molecule has 64 valence electrons. The van der Waals surface area contributed by atoms with Crippen LogP contribution in [0.15, 0.2) is 11.8 Å². The van der Waals surface area contributed by atoms with Crippen LogP contribution in [0.2, 0.25) is 0 Å². The van der Waals surface area contributed by atoms with Gasteiger partial charge >= 0.3 is 29.6 Å². The number of nitrogens with zero attached hydrogens (tertiary/aromatic N) is 1. The van der Waals surface area contributed by atoms with Gasteiger partial charge in [0.1, 0.15) is 0 Å². The fourth-order valence-corrected chi connectivity index (χ4v) is 2.45. The molecule has 0 radical (unpaired) electrons. The van der Waals surface area contributed by atoms with E-state index in [1.807, 2.05) is 0 Å². The maximum atomic E-state index is 11.0. The number of fused-ring (bicyclic) bond motifs is 1. The van der Waals surface area contributed by atoms with Crippen molar-refractivity contribution in [3.05, 3.63) is 11.8 Å². The zero-order valence-electron chi connectivity index (χ0n) is 7.15. The number of β-lactam (4-membered cyclic amide) rings is 1. The molecule has 2 aliphatic rings. The van der Waals surface area contributed by atoms with Gasteiger partial charge in [-0.3, -0.25) is 9.69 Å². The molecule has 1 amide bonds. The van der Waals surface area contributed by atoms with Crippen LogP contribution in [0.1, 0.15) is 6.42 Å². The first-order valence-electron chi connectivity index (χ1n) is 3.55. The summed E-state index contributed by atoms with van der Waals surface area (Å²) >= 11 is 1.58. The number of rotatable bonds is 1. The summed E-state index contributed by atoms with van der Waals surface area (Å²) in [6.07, 6.45) is 1.98. The second-order valence-corrected chi connectivity index (χ2v) is 3.84. The van der Waals surface area contributed by atoms with E-state index in [0.29, 0.717) is 12.2 Å². The van der Waals surface area contributed by atoms with Gasteiger partial charge in [-0.25, -0.2) is 0 Å². The van der Waals surface area contributed by atoms with Crippen molar-refractivity contribution in [2.24, 2.45) is 0 Å². The number of carbonyl (C=O) groups excluding carboxylic acids is 2. The molecule has 4 nitrogen and oxygen atoms in total. The summed E-state index contributed by atoms with van der Waals surface area (Å²) in [5, 5.41) is 10.5. The fourth-order valence-electron chi connectivity index (χ4n) is 1.33. The minimum absolute atomic E-state index is 0. The Labute approximate surface area is 102 Å². The van der Waals surface area contributed by atoms with Crippen molar-refractivity contribution in [3.8, 4) is 0 Å². The number of carboxylic acids is 1. The molecule has 0 N–H and O–H groups in total. The molecular formula is C7H6NNaO3S. The minimum atomic E-state index is -1.26. The van der Waals surface area contributed by atoms with Gasteiger partial charge in [0.05, 0.1) is 23.5 Å². The van der Waals surface area contributed by atoms with E-state index in [4.69, 9.17) is 0 Å². The number of hydrogen-bond donors (Lipinski definition) is 0. The van der Waals surface area contributed by atoms with E-state index >= 15 is 0 Å². The molecule has 0 aliphatic carbocycles. The van der Waals surface area contributed by atoms with Gasteiger partial charge in [0.25, 0.3) is 0 Å². The molecule has 13 heavy (non-hydrogen) atoms. The molecule has 1 atom stereocenters. The van der Waals surface area contributed by atoms with Gasteiger partial charge in [-0.1, -0.05) is 0 Å². The van der Waals surface area contributed by atoms with Crippen molar-refractivity contribution in [2.75, 3.05) is 5.75 Å². The summed E-state index contributed by atoms with van der Waals surface area (Å²) in [4.78, 5) is 22.8. The summed E-state index contributed by atoms with van der Waals surface area (Å²) in [5.41, 5.74) is 0.0370. The van der Waals surface area contributed by atoms with Crippen LogP contribution in [0.3, 0.4) is 0 Å². The number of amides is 1. The molecule has 2 heterocycles. The van der Waals surface area contributed by atoms with Gasteiger partial charge in [0.15, 0.2) is 0 Å². The molecule has 2 rings (SSSR count). The summed E-state index contributed by atoms with van der Waals surface area (Å²) in [6.45, 7) is 0. The van der Waals surface area contributed by atoms with Crippen LogP contribution in [0, 0.1) is 0 Å². The van der Waals surface area contributed by atoms with Gasteiger partial charge < -0.3 is 9.90 Å². The molecule has 0 spiro atoms. The van der Waals surface area contributed by atoms with Crippen molar-refractivity contribution in [2.45, 2.75) is 11.8 Å². The van der Waals surface area contributed by atoms with Crippen molar-refractivity contribution in [1.82, 2.24) is 4.90 Å². The van der Waals surface area contributed by atoms with Gasteiger partial charge in [-0.2, -0.15) is 0 Å². The van der Waals surface area contributed by atoms with E-state index in [1.165, 1.54) is 11.0 Å². The SMILES string of the molecule is O=C([O-])C1=CCS[C@@H]2CC(=O)N12.[Na+]. The van der Waals surface area contributed by atoms with E-state index in [-0.39, 0.29) is 46.5 Å². The molecule has 0 aromatic carbocycles. The average molecular weight is 207 g/mol. The van der Waals surface area contributed by atoms with Crippen molar-refractivity contribution < 1.29 is 44.3 Å². The Balaban J connectivity index is 0.000000845. The summed E-state index contributed by atoms with van der Waals surface area (Å²) < 4.78 is 0. The smallest absolute Gasteiger partial charge is 0.543 e. The van der Waals surface area contributed by atoms with Crippen LogP contribution < -0.4 is 34.7 Å². The van der Waals surface area contributed by atoms with Crippen LogP contribution in [-0.2, 0) is 9.59 Å². The van der Waals surface area contributed by atoms with Crippen LogP contribution in [0.4, 0.5) is 0 Å². The van der Waals surface area contributed by atoms with Crippen molar-refractivity contribution >= 4 is 23.6 Å². The number of aliphatic carboxylic acids is 1. The molecule has 1 fully saturated rings. The Bertz CT molecular complexity index is 291. The third-order valence-electron chi connectivity index (χ3n) is 1.94. The van der Waals surface area contributed by atoms with Gasteiger partial charge in [0, 0.05) is 5.75 Å².